The van der Waals surface area contributed by atoms with Crippen molar-refractivity contribution in [3.8, 4) is 0 Å². The fraction of sp³-hybridized carbons (Fsp3) is 0.0714. The van der Waals surface area contributed by atoms with Crippen LogP contribution in [0.25, 0.3) is 0 Å². The normalized spacial score (nSPS) is 10.2. The third-order valence-corrected chi connectivity index (χ3v) is 3.38. The molecular weight excluding hydrogens is 377 g/mol. The summed E-state index contributed by atoms with van der Waals surface area (Å²) in [5.41, 5.74) is 7.36. The first-order valence-corrected chi connectivity index (χ1v) is 6.98. The summed E-state index contributed by atoms with van der Waals surface area (Å²) in [6.45, 7) is 0.224. The first-order valence-electron chi connectivity index (χ1n) is 5.52. The minimum absolute atomic E-state index is 0.224. The second-order valence-electron chi connectivity index (χ2n) is 3.98. The lowest BCUT2D eigenvalue weighted by Crippen LogP contribution is -2.06. The van der Waals surface area contributed by atoms with Crippen molar-refractivity contribution in [2.24, 2.45) is 0 Å². The van der Waals surface area contributed by atoms with E-state index in [4.69, 9.17) is 22.1 Å². The van der Waals surface area contributed by atoms with Crippen LogP contribution in [0.3, 0.4) is 0 Å². The standard InChI is InChI=1S/C14H11ClINO2/c15-11-5-10(6-13(17)7-11)14(18)19-8-9-1-3-12(16)4-2-9/h1-7H,8,17H2. The molecule has 2 aromatic rings. The van der Waals surface area contributed by atoms with E-state index in [9.17, 15) is 4.79 Å². The van der Waals surface area contributed by atoms with E-state index in [1.807, 2.05) is 24.3 Å². The van der Waals surface area contributed by atoms with Crippen LogP contribution in [0.2, 0.25) is 5.02 Å². The van der Waals surface area contributed by atoms with Crippen molar-refractivity contribution in [1.82, 2.24) is 0 Å². The molecule has 2 aromatic carbocycles. The van der Waals surface area contributed by atoms with Crippen LogP contribution in [0.4, 0.5) is 5.69 Å². The lowest BCUT2D eigenvalue weighted by atomic mass is 10.2. The number of carbonyl (C=O) groups excluding carboxylic acids is 1. The highest BCUT2D eigenvalue weighted by Gasteiger charge is 2.09. The molecule has 0 amide bonds. The number of rotatable bonds is 3. The number of anilines is 1. The molecule has 0 saturated carbocycles. The van der Waals surface area contributed by atoms with Gasteiger partial charge in [0.2, 0.25) is 0 Å². The number of hydrogen-bond acceptors (Lipinski definition) is 3. The molecule has 0 bridgehead atoms. The van der Waals surface area contributed by atoms with Gasteiger partial charge in [0.1, 0.15) is 6.61 Å². The smallest absolute Gasteiger partial charge is 0.338 e. The average Bonchev–Trinajstić information content (AvgIpc) is 2.36. The molecule has 5 heteroatoms. The van der Waals surface area contributed by atoms with Crippen molar-refractivity contribution < 1.29 is 9.53 Å². The quantitative estimate of drug-likeness (QED) is 0.494. The van der Waals surface area contributed by atoms with Crippen molar-refractivity contribution in [1.29, 1.82) is 0 Å². The fourth-order valence-corrected chi connectivity index (χ4v) is 2.15. The summed E-state index contributed by atoms with van der Waals surface area (Å²) in [5, 5.41) is 0.418. The highest BCUT2D eigenvalue weighted by molar-refractivity contribution is 14.1. The average molecular weight is 388 g/mol. The number of carbonyl (C=O) groups is 1. The molecule has 0 fully saturated rings. The van der Waals surface area contributed by atoms with Gasteiger partial charge in [-0.25, -0.2) is 4.79 Å². The maximum Gasteiger partial charge on any atom is 0.338 e. The van der Waals surface area contributed by atoms with Crippen molar-refractivity contribution >= 4 is 45.8 Å². The summed E-state index contributed by atoms with van der Waals surface area (Å²) >= 11 is 8.06. The van der Waals surface area contributed by atoms with Gasteiger partial charge in [0.25, 0.3) is 0 Å². The zero-order chi connectivity index (χ0) is 13.8. The molecule has 2 N–H and O–H groups in total. The van der Waals surface area contributed by atoms with Crippen molar-refractivity contribution in [3.05, 3.63) is 62.2 Å². The third-order valence-electron chi connectivity index (χ3n) is 2.44. The number of benzene rings is 2. The summed E-state index contributed by atoms with van der Waals surface area (Å²) in [7, 11) is 0. The number of esters is 1. The van der Waals surface area contributed by atoms with Crippen molar-refractivity contribution in [2.45, 2.75) is 6.61 Å². The highest BCUT2D eigenvalue weighted by atomic mass is 127. The monoisotopic (exact) mass is 387 g/mol. The molecule has 0 saturated heterocycles. The van der Waals surface area contributed by atoms with Gasteiger partial charge in [0.15, 0.2) is 0 Å². The zero-order valence-electron chi connectivity index (χ0n) is 9.90. The van der Waals surface area contributed by atoms with Crippen LogP contribution in [0.1, 0.15) is 15.9 Å². The van der Waals surface area contributed by atoms with E-state index in [2.05, 4.69) is 22.6 Å². The van der Waals surface area contributed by atoms with Gasteiger partial charge in [-0.05, 0) is 58.5 Å². The SMILES string of the molecule is Nc1cc(Cl)cc(C(=O)OCc2ccc(I)cc2)c1. The minimum atomic E-state index is -0.437. The van der Waals surface area contributed by atoms with Gasteiger partial charge >= 0.3 is 5.97 Å². The Labute approximate surface area is 129 Å². The Morgan fingerprint density at radius 3 is 2.53 bits per heavy atom. The van der Waals surface area contributed by atoms with Gasteiger partial charge in [-0.15, -0.1) is 0 Å². The molecule has 0 aromatic heterocycles. The molecule has 19 heavy (non-hydrogen) atoms. The Kier molecular flexibility index (Phi) is 4.66. The largest absolute Gasteiger partial charge is 0.457 e. The van der Waals surface area contributed by atoms with E-state index in [1.54, 1.807) is 12.1 Å². The predicted molar refractivity (Wildman–Crippen MR) is 84.1 cm³/mol. The number of nitrogens with two attached hydrogens (primary N) is 1. The van der Waals surface area contributed by atoms with Gasteiger partial charge in [-0.1, -0.05) is 23.7 Å². The Morgan fingerprint density at radius 2 is 1.89 bits per heavy atom. The molecule has 0 unspecified atom stereocenters. The predicted octanol–water partition coefficient (Wildman–Crippen LogP) is 3.88. The maximum atomic E-state index is 11.9. The summed E-state index contributed by atoms with van der Waals surface area (Å²) in [5.74, 6) is -0.437. The molecule has 0 aliphatic heterocycles. The molecule has 0 atom stereocenters. The molecule has 0 radical (unpaired) electrons. The van der Waals surface area contributed by atoms with E-state index < -0.39 is 5.97 Å². The maximum absolute atomic E-state index is 11.9. The Hall–Kier alpha value is -1.27. The van der Waals surface area contributed by atoms with Crippen LogP contribution in [0.5, 0.6) is 0 Å². The van der Waals surface area contributed by atoms with Crippen LogP contribution in [-0.4, -0.2) is 5.97 Å². The first-order chi connectivity index (χ1) is 9.04. The van der Waals surface area contributed by atoms with Crippen LogP contribution < -0.4 is 5.73 Å². The molecule has 0 heterocycles. The molecular formula is C14H11ClINO2. The Balaban J connectivity index is 2.03. The van der Waals surface area contributed by atoms with Gasteiger partial charge < -0.3 is 10.5 Å². The Bertz CT molecular complexity index is 579. The summed E-state index contributed by atoms with van der Waals surface area (Å²) in [6.07, 6.45) is 0. The third kappa shape index (κ3) is 4.11. The van der Waals surface area contributed by atoms with Gasteiger partial charge in [-0.2, -0.15) is 0 Å². The summed E-state index contributed by atoms with van der Waals surface area (Å²) in [6, 6.07) is 12.4. The first kappa shape index (κ1) is 14.1. The molecule has 0 aliphatic carbocycles. The Morgan fingerprint density at radius 1 is 1.21 bits per heavy atom. The van der Waals surface area contributed by atoms with Crippen molar-refractivity contribution in [3.63, 3.8) is 0 Å². The molecule has 98 valence electrons. The van der Waals surface area contributed by atoms with E-state index in [-0.39, 0.29) is 6.61 Å². The topological polar surface area (TPSA) is 52.3 Å². The summed E-state index contributed by atoms with van der Waals surface area (Å²) < 4.78 is 6.34. The van der Waals surface area contributed by atoms with Crippen LogP contribution in [0, 0.1) is 3.57 Å². The van der Waals surface area contributed by atoms with Crippen LogP contribution in [0.15, 0.2) is 42.5 Å². The molecule has 0 aliphatic rings. The number of halogens is 2. The summed E-state index contributed by atoms with van der Waals surface area (Å²) in [4.78, 5) is 11.9. The second kappa shape index (κ2) is 6.25. The van der Waals surface area contributed by atoms with E-state index in [0.29, 0.717) is 16.3 Å². The molecule has 2 rings (SSSR count). The second-order valence-corrected chi connectivity index (χ2v) is 5.66. The van der Waals surface area contributed by atoms with Crippen LogP contribution in [-0.2, 0) is 11.3 Å². The number of ether oxygens (including phenoxy) is 1. The van der Waals surface area contributed by atoms with Crippen LogP contribution >= 0.6 is 34.2 Å². The van der Waals surface area contributed by atoms with Gasteiger partial charge in [0.05, 0.1) is 5.56 Å². The zero-order valence-corrected chi connectivity index (χ0v) is 12.8. The molecule has 3 nitrogen and oxygen atoms in total. The lowest BCUT2D eigenvalue weighted by Gasteiger charge is -2.06. The minimum Gasteiger partial charge on any atom is -0.457 e. The van der Waals surface area contributed by atoms with E-state index >= 15 is 0 Å². The fourth-order valence-electron chi connectivity index (χ4n) is 1.54. The van der Waals surface area contributed by atoms with Gasteiger partial charge in [0, 0.05) is 14.3 Å². The van der Waals surface area contributed by atoms with E-state index in [1.165, 1.54) is 6.07 Å². The number of hydrogen-bond donors (Lipinski definition) is 1. The van der Waals surface area contributed by atoms with E-state index in [0.717, 1.165) is 9.13 Å². The lowest BCUT2D eigenvalue weighted by molar-refractivity contribution is 0.0473. The molecule has 0 spiro atoms. The van der Waals surface area contributed by atoms with Gasteiger partial charge in [-0.3, -0.25) is 0 Å². The van der Waals surface area contributed by atoms with Crippen molar-refractivity contribution in [2.75, 3.05) is 5.73 Å². The number of nitrogen functional groups attached to an aromatic ring is 1. The highest BCUT2D eigenvalue weighted by Crippen LogP contribution is 2.18.